The van der Waals surface area contributed by atoms with Crippen molar-refractivity contribution in [3.8, 4) is 0 Å². The van der Waals surface area contributed by atoms with Crippen LogP contribution in [0.5, 0.6) is 0 Å². The van der Waals surface area contributed by atoms with Crippen LogP contribution in [-0.2, 0) is 0 Å². The number of benzene rings is 1. The zero-order valence-electron chi connectivity index (χ0n) is 7.29. The van der Waals surface area contributed by atoms with E-state index in [9.17, 15) is 4.39 Å². The van der Waals surface area contributed by atoms with Crippen LogP contribution in [0.1, 0.15) is 19.4 Å². The number of hydrogen-bond acceptors (Lipinski definition) is 0. The standard InChI is InChI=1S/C7H5Cl2F.C2H6/c1-4-2-5(8)7(10)6(9)3-4;1-2/h2-3H,1H3;1-2H3. The van der Waals surface area contributed by atoms with Gasteiger partial charge in [-0.05, 0) is 24.6 Å². The van der Waals surface area contributed by atoms with Gasteiger partial charge in [-0.1, -0.05) is 37.0 Å². The first kappa shape index (κ1) is 11.7. The van der Waals surface area contributed by atoms with Gasteiger partial charge in [-0.3, -0.25) is 0 Å². The van der Waals surface area contributed by atoms with Crippen molar-refractivity contribution < 1.29 is 4.39 Å². The summed E-state index contributed by atoms with van der Waals surface area (Å²) in [7, 11) is 0. The molecule has 0 nitrogen and oxygen atoms in total. The molecular weight excluding hydrogens is 198 g/mol. The maximum Gasteiger partial charge on any atom is 0.160 e. The van der Waals surface area contributed by atoms with Crippen molar-refractivity contribution in [2.45, 2.75) is 20.8 Å². The Hall–Kier alpha value is -0.270. The molecule has 0 aliphatic heterocycles. The van der Waals surface area contributed by atoms with Gasteiger partial charge < -0.3 is 0 Å². The molecule has 0 amide bonds. The lowest BCUT2D eigenvalue weighted by atomic mass is 10.2. The van der Waals surface area contributed by atoms with Crippen LogP contribution in [0.4, 0.5) is 4.39 Å². The Kier molecular flexibility index (Phi) is 5.27. The minimum absolute atomic E-state index is 0.0741. The van der Waals surface area contributed by atoms with Crippen molar-refractivity contribution in [3.63, 3.8) is 0 Å². The highest BCUT2D eigenvalue weighted by molar-refractivity contribution is 6.34. The molecule has 0 unspecified atom stereocenters. The third-order valence-corrected chi connectivity index (χ3v) is 1.68. The maximum absolute atomic E-state index is 12.6. The zero-order valence-corrected chi connectivity index (χ0v) is 8.80. The topological polar surface area (TPSA) is 0 Å². The fourth-order valence-corrected chi connectivity index (χ4v) is 1.28. The number of rotatable bonds is 0. The zero-order chi connectivity index (χ0) is 9.72. The van der Waals surface area contributed by atoms with Crippen molar-refractivity contribution in [3.05, 3.63) is 33.6 Å². The molecule has 0 aromatic heterocycles. The second-order valence-corrected chi connectivity index (χ2v) is 2.86. The van der Waals surface area contributed by atoms with Crippen LogP contribution in [0.25, 0.3) is 0 Å². The summed E-state index contributed by atoms with van der Waals surface area (Å²) in [4.78, 5) is 0. The molecule has 0 atom stereocenters. The second kappa shape index (κ2) is 5.39. The monoisotopic (exact) mass is 208 g/mol. The van der Waals surface area contributed by atoms with Crippen LogP contribution in [0.3, 0.4) is 0 Å². The predicted octanol–water partition coefficient (Wildman–Crippen LogP) is 4.47. The van der Waals surface area contributed by atoms with Crippen molar-refractivity contribution in [1.29, 1.82) is 0 Å². The van der Waals surface area contributed by atoms with Gasteiger partial charge in [0.15, 0.2) is 5.82 Å². The smallest absolute Gasteiger partial charge is 0.160 e. The normalized spacial score (nSPS) is 8.83. The summed E-state index contributed by atoms with van der Waals surface area (Å²) in [5, 5.41) is 0.148. The number of hydrogen-bond donors (Lipinski definition) is 0. The lowest BCUT2D eigenvalue weighted by Crippen LogP contribution is -1.80. The third kappa shape index (κ3) is 3.00. The first-order valence-electron chi connectivity index (χ1n) is 3.72. The highest BCUT2D eigenvalue weighted by Gasteiger charge is 2.04. The molecule has 0 aliphatic carbocycles. The SMILES string of the molecule is CC.Cc1cc(Cl)c(F)c(Cl)c1. The Morgan fingerprint density at radius 2 is 1.42 bits per heavy atom. The van der Waals surface area contributed by atoms with E-state index in [1.807, 2.05) is 13.8 Å². The molecule has 0 spiro atoms. The molecule has 0 heterocycles. The van der Waals surface area contributed by atoms with E-state index in [0.29, 0.717) is 0 Å². The van der Waals surface area contributed by atoms with Gasteiger partial charge in [0.05, 0.1) is 10.0 Å². The average molecular weight is 209 g/mol. The minimum Gasteiger partial charge on any atom is -0.204 e. The summed E-state index contributed by atoms with van der Waals surface area (Å²) in [5.41, 5.74) is 0.858. The molecule has 68 valence electrons. The van der Waals surface area contributed by atoms with Gasteiger partial charge in [0.2, 0.25) is 0 Å². The first-order chi connectivity index (χ1) is 5.61. The Bertz CT molecular complexity index is 236. The molecule has 0 fully saturated rings. The van der Waals surface area contributed by atoms with Gasteiger partial charge in [-0.15, -0.1) is 0 Å². The van der Waals surface area contributed by atoms with Crippen molar-refractivity contribution in [1.82, 2.24) is 0 Å². The molecule has 0 saturated heterocycles. The van der Waals surface area contributed by atoms with Crippen molar-refractivity contribution in [2.75, 3.05) is 0 Å². The van der Waals surface area contributed by atoms with E-state index in [0.717, 1.165) is 5.56 Å². The van der Waals surface area contributed by atoms with Crippen LogP contribution in [0.2, 0.25) is 10.0 Å². The van der Waals surface area contributed by atoms with Crippen LogP contribution >= 0.6 is 23.2 Å². The number of aryl methyl sites for hydroxylation is 1. The average Bonchev–Trinajstić information content (AvgIpc) is 2.04. The molecule has 1 aromatic carbocycles. The van der Waals surface area contributed by atoms with Gasteiger partial charge >= 0.3 is 0 Å². The van der Waals surface area contributed by atoms with Crippen molar-refractivity contribution in [2.24, 2.45) is 0 Å². The number of halogens is 3. The van der Waals surface area contributed by atoms with Crippen LogP contribution in [-0.4, -0.2) is 0 Å². The summed E-state index contributed by atoms with van der Waals surface area (Å²) in [5.74, 6) is -0.547. The van der Waals surface area contributed by atoms with Crippen molar-refractivity contribution >= 4 is 23.2 Å². The summed E-state index contributed by atoms with van der Waals surface area (Å²) >= 11 is 10.9. The lowest BCUT2D eigenvalue weighted by Gasteiger charge is -1.97. The van der Waals surface area contributed by atoms with E-state index in [1.165, 1.54) is 12.1 Å². The predicted molar refractivity (Wildman–Crippen MR) is 52.5 cm³/mol. The molecule has 12 heavy (non-hydrogen) atoms. The second-order valence-electron chi connectivity index (χ2n) is 2.04. The summed E-state index contributed by atoms with van der Waals surface area (Å²) in [6.07, 6.45) is 0. The van der Waals surface area contributed by atoms with E-state index in [-0.39, 0.29) is 10.0 Å². The van der Waals surface area contributed by atoms with Gasteiger partial charge in [0.1, 0.15) is 0 Å². The van der Waals surface area contributed by atoms with Gasteiger partial charge in [0, 0.05) is 0 Å². The molecule has 0 saturated carbocycles. The van der Waals surface area contributed by atoms with E-state index in [1.54, 1.807) is 6.92 Å². The lowest BCUT2D eigenvalue weighted by molar-refractivity contribution is 0.628. The molecule has 1 rings (SSSR count). The Balaban J connectivity index is 0.000000561. The highest BCUT2D eigenvalue weighted by atomic mass is 35.5. The van der Waals surface area contributed by atoms with Gasteiger partial charge in [0.25, 0.3) is 0 Å². The fourth-order valence-electron chi connectivity index (χ4n) is 0.682. The quantitative estimate of drug-likeness (QED) is 0.553. The largest absolute Gasteiger partial charge is 0.204 e. The van der Waals surface area contributed by atoms with E-state index >= 15 is 0 Å². The van der Waals surface area contributed by atoms with E-state index < -0.39 is 5.82 Å². The van der Waals surface area contributed by atoms with Gasteiger partial charge in [-0.2, -0.15) is 0 Å². The summed E-state index contributed by atoms with van der Waals surface area (Å²) in [6.45, 7) is 5.80. The molecule has 0 aliphatic rings. The first-order valence-corrected chi connectivity index (χ1v) is 4.48. The summed E-state index contributed by atoms with van der Waals surface area (Å²) < 4.78 is 12.6. The Morgan fingerprint density at radius 1 is 1.08 bits per heavy atom. The highest BCUT2D eigenvalue weighted by Crippen LogP contribution is 2.23. The van der Waals surface area contributed by atoms with Gasteiger partial charge in [-0.25, -0.2) is 4.39 Å². The molecule has 0 radical (unpaired) electrons. The molecule has 3 heteroatoms. The Morgan fingerprint density at radius 3 is 1.75 bits per heavy atom. The molecule has 0 N–H and O–H groups in total. The van der Waals surface area contributed by atoms with Crippen LogP contribution < -0.4 is 0 Å². The van der Waals surface area contributed by atoms with E-state index in [4.69, 9.17) is 23.2 Å². The molecular formula is C9H11Cl2F. The van der Waals surface area contributed by atoms with Crippen LogP contribution in [0, 0.1) is 12.7 Å². The van der Waals surface area contributed by atoms with E-state index in [2.05, 4.69) is 0 Å². The molecule has 1 aromatic rings. The Labute approximate surface area is 82.3 Å². The summed E-state index contributed by atoms with van der Waals surface area (Å²) in [6, 6.07) is 3.06. The fraction of sp³-hybridized carbons (Fsp3) is 0.333. The third-order valence-electron chi connectivity index (χ3n) is 1.13. The maximum atomic E-state index is 12.6. The molecule has 0 bridgehead atoms. The minimum atomic E-state index is -0.547. The van der Waals surface area contributed by atoms with Crippen LogP contribution in [0.15, 0.2) is 12.1 Å².